The Hall–Kier alpha value is -1.77. The maximum Gasteiger partial charge on any atom is 0.587 e. The van der Waals surface area contributed by atoms with E-state index in [-0.39, 0.29) is 12.5 Å². The highest BCUT2D eigenvalue weighted by Gasteiger charge is 2.31. The Morgan fingerprint density at radius 2 is 1.22 bits per heavy atom. The van der Waals surface area contributed by atoms with Gasteiger partial charge in [-0.1, -0.05) is 49.2 Å². The van der Waals surface area contributed by atoms with Crippen molar-refractivity contribution in [2.24, 2.45) is 5.92 Å². The van der Waals surface area contributed by atoms with Crippen LogP contribution in [0.5, 0.6) is 11.5 Å². The van der Waals surface area contributed by atoms with Gasteiger partial charge in [0.15, 0.2) is 0 Å². The second kappa shape index (κ2) is 7.67. The van der Waals surface area contributed by atoms with Crippen molar-refractivity contribution in [2.45, 2.75) is 27.7 Å². The highest BCUT2D eigenvalue weighted by Crippen LogP contribution is 2.49. The normalized spacial score (nSPS) is 11.5. The summed E-state index contributed by atoms with van der Waals surface area (Å²) in [5.74, 6) is 1.12. The van der Waals surface area contributed by atoms with Gasteiger partial charge >= 0.3 is 7.82 Å². The van der Waals surface area contributed by atoms with Crippen LogP contribution in [-0.2, 0) is 9.09 Å². The minimum absolute atomic E-state index is 0.214. The van der Waals surface area contributed by atoms with Gasteiger partial charge in [-0.15, -0.1) is 0 Å². The van der Waals surface area contributed by atoms with E-state index in [9.17, 15) is 4.57 Å². The summed E-state index contributed by atoms with van der Waals surface area (Å²) in [4.78, 5) is 0. The zero-order valence-corrected chi connectivity index (χ0v) is 14.9. The first kappa shape index (κ1) is 17.6. The van der Waals surface area contributed by atoms with Crippen LogP contribution in [0.3, 0.4) is 0 Å². The smallest absolute Gasteiger partial charge is 0.395 e. The van der Waals surface area contributed by atoms with Gasteiger partial charge in [0.1, 0.15) is 11.5 Å². The molecule has 0 saturated carbocycles. The lowest BCUT2D eigenvalue weighted by Crippen LogP contribution is -2.09. The Kier molecular flexibility index (Phi) is 5.86. The van der Waals surface area contributed by atoms with Crippen LogP contribution in [0.15, 0.2) is 48.5 Å². The molecular weight excluding hydrogens is 311 g/mol. The van der Waals surface area contributed by atoms with Crippen LogP contribution in [0, 0.1) is 19.8 Å². The Morgan fingerprint density at radius 1 is 0.826 bits per heavy atom. The first-order valence-corrected chi connectivity index (χ1v) is 9.09. The average molecular weight is 334 g/mol. The number of rotatable bonds is 7. The monoisotopic (exact) mass is 334 g/mol. The molecule has 0 aromatic heterocycles. The summed E-state index contributed by atoms with van der Waals surface area (Å²) in [5, 5.41) is 0. The molecule has 23 heavy (non-hydrogen) atoms. The molecule has 0 aliphatic rings. The first-order valence-electron chi connectivity index (χ1n) is 7.63. The van der Waals surface area contributed by atoms with Crippen molar-refractivity contribution in [1.82, 2.24) is 0 Å². The summed E-state index contributed by atoms with van der Waals surface area (Å²) >= 11 is 0. The molecule has 0 aliphatic heterocycles. The summed E-state index contributed by atoms with van der Waals surface area (Å²) in [6.07, 6.45) is 0. The van der Waals surface area contributed by atoms with Crippen molar-refractivity contribution in [3.8, 4) is 11.5 Å². The summed E-state index contributed by atoms with van der Waals surface area (Å²) in [5.41, 5.74) is 2.18. The van der Waals surface area contributed by atoms with Gasteiger partial charge in [-0.2, -0.15) is 0 Å². The molecule has 4 nitrogen and oxygen atoms in total. The van der Waals surface area contributed by atoms with Crippen LogP contribution in [0.1, 0.15) is 25.0 Å². The maximum absolute atomic E-state index is 13.0. The van der Waals surface area contributed by atoms with Crippen LogP contribution in [-0.4, -0.2) is 6.61 Å². The standard InChI is InChI=1S/C18H23O4P/c1-14(2)13-20-23(19,21-17-9-5-15(3)6-10-17)22-18-11-7-16(4)8-12-18/h5-12,14H,13H2,1-4H3. The Bertz CT molecular complexity index is 611. The molecule has 0 heterocycles. The SMILES string of the molecule is Cc1ccc(OP(=O)(OCC(C)C)Oc2ccc(C)cc2)cc1. The first-order chi connectivity index (χ1) is 10.9. The molecule has 0 spiro atoms. The van der Waals surface area contributed by atoms with Crippen molar-refractivity contribution < 1.29 is 18.1 Å². The van der Waals surface area contributed by atoms with E-state index in [0.29, 0.717) is 11.5 Å². The summed E-state index contributed by atoms with van der Waals surface area (Å²) < 4.78 is 29.5. The van der Waals surface area contributed by atoms with Gasteiger partial charge in [0.05, 0.1) is 6.61 Å². The van der Waals surface area contributed by atoms with Crippen LogP contribution < -0.4 is 9.05 Å². The van der Waals surface area contributed by atoms with Crippen LogP contribution in [0.2, 0.25) is 0 Å². The van der Waals surface area contributed by atoms with Crippen molar-refractivity contribution in [1.29, 1.82) is 0 Å². The van der Waals surface area contributed by atoms with E-state index in [1.54, 1.807) is 24.3 Å². The number of benzene rings is 2. The predicted molar refractivity (Wildman–Crippen MR) is 92.0 cm³/mol. The van der Waals surface area contributed by atoms with Gasteiger partial charge in [0.2, 0.25) is 0 Å². The summed E-state index contributed by atoms with van der Waals surface area (Å²) in [7, 11) is -3.75. The van der Waals surface area contributed by atoms with Gasteiger partial charge in [0, 0.05) is 0 Å². The lowest BCUT2D eigenvalue weighted by Gasteiger charge is -2.20. The molecule has 0 saturated heterocycles. The largest absolute Gasteiger partial charge is 0.587 e. The molecule has 0 N–H and O–H groups in total. The zero-order chi connectivity index (χ0) is 16.9. The quantitative estimate of drug-likeness (QED) is 0.623. The third-order valence-corrected chi connectivity index (χ3v) is 4.38. The summed E-state index contributed by atoms with van der Waals surface area (Å²) in [6.45, 7) is 8.18. The van der Waals surface area contributed by atoms with Crippen molar-refractivity contribution in [3.05, 3.63) is 59.7 Å². The number of aryl methyl sites for hydroxylation is 2. The lowest BCUT2D eigenvalue weighted by atomic mass is 10.2. The fourth-order valence-corrected chi connectivity index (χ4v) is 3.15. The topological polar surface area (TPSA) is 44.8 Å². The van der Waals surface area contributed by atoms with Crippen molar-refractivity contribution in [2.75, 3.05) is 6.61 Å². The van der Waals surface area contributed by atoms with Crippen LogP contribution in [0.4, 0.5) is 0 Å². The number of hydrogen-bond acceptors (Lipinski definition) is 4. The fraction of sp³-hybridized carbons (Fsp3) is 0.333. The molecule has 2 rings (SSSR count). The highest BCUT2D eigenvalue weighted by atomic mass is 31.2. The van der Waals surface area contributed by atoms with Crippen molar-refractivity contribution >= 4 is 7.82 Å². The van der Waals surface area contributed by atoms with E-state index in [2.05, 4.69) is 0 Å². The molecule has 0 aliphatic carbocycles. The molecule has 0 radical (unpaired) electrons. The Balaban J connectivity index is 2.18. The maximum atomic E-state index is 13.0. The van der Waals surface area contributed by atoms with E-state index in [0.717, 1.165) is 11.1 Å². The van der Waals surface area contributed by atoms with E-state index >= 15 is 0 Å². The fourth-order valence-electron chi connectivity index (χ4n) is 1.77. The second-order valence-corrected chi connectivity index (χ2v) is 7.46. The number of phosphoric ester groups is 1. The molecule has 2 aromatic rings. The molecule has 0 bridgehead atoms. The van der Waals surface area contributed by atoms with E-state index in [1.165, 1.54) is 0 Å². The lowest BCUT2D eigenvalue weighted by molar-refractivity contribution is 0.188. The molecule has 5 heteroatoms. The number of phosphoric acid groups is 1. The zero-order valence-electron chi connectivity index (χ0n) is 14.0. The molecular formula is C18H23O4P. The molecule has 0 fully saturated rings. The second-order valence-electron chi connectivity index (χ2n) is 5.95. The molecule has 0 amide bonds. The summed E-state index contributed by atoms with van der Waals surface area (Å²) in [6, 6.07) is 14.5. The van der Waals surface area contributed by atoms with Crippen LogP contribution >= 0.6 is 7.82 Å². The molecule has 0 unspecified atom stereocenters. The third kappa shape index (κ3) is 5.74. The highest BCUT2D eigenvalue weighted by molar-refractivity contribution is 7.49. The van der Waals surface area contributed by atoms with Gasteiger partial charge in [-0.25, -0.2) is 4.57 Å². The predicted octanol–water partition coefficient (Wildman–Crippen LogP) is 5.54. The van der Waals surface area contributed by atoms with E-state index < -0.39 is 7.82 Å². The van der Waals surface area contributed by atoms with Gasteiger partial charge < -0.3 is 9.05 Å². The third-order valence-electron chi connectivity index (χ3n) is 3.04. The minimum Gasteiger partial charge on any atom is -0.395 e. The molecule has 2 aromatic carbocycles. The van der Waals surface area contributed by atoms with Crippen LogP contribution in [0.25, 0.3) is 0 Å². The molecule has 124 valence electrons. The van der Waals surface area contributed by atoms with Gasteiger partial charge in [-0.05, 0) is 44.0 Å². The van der Waals surface area contributed by atoms with E-state index in [4.69, 9.17) is 13.6 Å². The average Bonchev–Trinajstić information content (AvgIpc) is 2.50. The molecule has 0 atom stereocenters. The van der Waals surface area contributed by atoms with Crippen molar-refractivity contribution in [3.63, 3.8) is 0 Å². The van der Waals surface area contributed by atoms with E-state index in [1.807, 2.05) is 52.0 Å². The minimum atomic E-state index is -3.75. The Labute approximate surface area is 138 Å². The van der Waals surface area contributed by atoms with Gasteiger partial charge in [0.25, 0.3) is 0 Å². The Morgan fingerprint density at radius 3 is 1.57 bits per heavy atom. The number of hydrogen-bond donors (Lipinski definition) is 0. The van der Waals surface area contributed by atoms with Gasteiger partial charge in [-0.3, -0.25) is 4.52 Å².